The van der Waals surface area contributed by atoms with Crippen molar-refractivity contribution in [3.63, 3.8) is 0 Å². The Kier molecular flexibility index (Phi) is 4.41. The normalized spacial score (nSPS) is 27.1. The van der Waals surface area contributed by atoms with Crippen LogP contribution in [0.25, 0.3) is 0 Å². The van der Waals surface area contributed by atoms with E-state index in [1.807, 2.05) is 11.8 Å². The average Bonchev–Trinajstić information content (AvgIpc) is 2.83. The van der Waals surface area contributed by atoms with E-state index >= 15 is 0 Å². The molecule has 1 fully saturated rings. The quantitative estimate of drug-likeness (QED) is 0.706. The molecule has 20 heavy (non-hydrogen) atoms. The lowest BCUT2D eigenvalue weighted by molar-refractivity contribution is 0.347. The van der Waals surface area contributed by atoms with Crippen molar-refractivity contribution in [3.8, 4) is 0 Å². The first-order valence-corrected chi connectivity index (χ1v) is 10.4. The van der Waals surface area contributed by atoms with Gasteiger partial charge in [-0.3, -0.25) is 0 Å². The fourth-order valence-corrected chi connectivity index (χ4v) is 5.84. The number of sulfone groups is 2. The van der Waals surface area contributed by atoms with Gasteiger partial charge in [-0.1, -0.05) is 0 Å². The van der Waals surface area contributed by atoms with Crippen LogP contribution in [0.3, 0.4) is 0 Å². The van der Waals surface area contributed by atoms with E-state index in [1.165, 1.54) is 0 Å². The van der Waals surface area contributed by atoms with Crippen molar-refractivity contribution in [1.82, 2.24) is 10.2 Å². The Labute approximate surface area is 125 Å². The molecule has 2 heterocycles. The van der Waals surface area contributed by atoms with Crippen molar-refractivity contribution in [2.24, 2.45) is 0 Å². The molecule has 0 aliphatic carbocycles. The highest BCUT2D eigenvalue weighted by atomic mass is 32.2. The minimum absolute atomic E-state index is 0.0296. The maximum absolute atomic E-state index is 11.5. The molecule has 0 radical (unpaired) electrons. The van der Waals surface area contributed by atoms with Crippen LogP contribution >= 0.6 is 12.2 Å². The van der Waals surface area contributed by atoms with Crippen LogP contribution in [0.4, 0.5) is 0 Å². The van der Waals surface area contributed by atoms with Crippen LogP contribution < -0.4 is 5.32 Å². The highest BCUT2D eigenvalue weighted by molar-refractivity contribution is 7.92. The minimum atomic E-state index is -3.04. The van der Waals surface area contributed by atoms with Crippen molar-refractivity contribution in [1.29, 1.82) is 0 Å². The van der Waals surface area contributed by atoms with E-state index in [1.54, 1.807) is 6.08 Å². The molecule has 0 saturated carbocycles. The molecule has 0 aromatic carbocycles. The van der Waals surface area contributed by atoms with E-state index < -0.39 is 19.7 Å². The maximum Gasteiger partial charge on any atom is 0.173 e. The highest BCUT2D eigenvalue weighted by Crippen LogP contribution is 2.18. The third-order valence-electron chi connectivity index (χ3n) is 3.48. The molecule has 1 saturated heterocycles. The molecule has 0 aromatic rings. The maximum atomic E-state index is 11.5. The van der Waals surface area contributed by atoms with Crippen LogP contribution in [0.1, 0.15) is 13.3 Å². The molecule has 6 nitrogen and oxygen atoms in total. The highest BCUT2D eigenvalue weighted by Gasteiger charge is 2.33. The fourth-order valence-electron chi connectivity index (χ4n) is 2.47. The summed E-state index contributed by atoms with van der Waals surface area (Å²) in [5, 5.41) is 3.34. The zero-order chi connectivity index (χ0) is 15.0. The molecule has 2 rings (SSSR count). The summed E-state index contributed by atoms with van der Waals surface area (Å²) in [6.07, 6.45) is 2.18. The summed E-state index contributed by atoms with van der Waals surface area (Å²) in [7, 11) is -6.01. The Morgan fingerprint density at radius 3 is 2.55 bits per heavy atom. The summed E-state index contributed by atoms with van der Waals surface area (Å²) < 4.78 is 45.8. The van der Waals surface area contributed by atoms with Crippen molar-refractivity contribution in [2.75, 3.05) is 29.6 Å². The second-order valence-electron chi connectivity index (χ2n) is 5.06. The molecule has 0 amide bonds. The van der Waals surface area contributed by atoms with Crippen molar-refractivity contribution in [3.05, 3.63) is 11.8 Å². The summed E-state index contributed by atoms with van der Waals surface area (Å²) in [4.78, 5) is 1.83. The summed E-state index contributed by atoms with van der Waals surface area (Å²) in [5.41, 5.74) is 0.578. The Morgan fingerprint density at radius 1 is 1.40 bits per heavy atom. The molecule has 0 aromatic heterocycles. The van der Waals surface area contributed by atoms with Crippen LogP contribution in [0.5, 0.6) is 0 Å². The van der Waals surface area contributed by atoms with Crippen molar-refractivity contribution < 1.29 is 16.8 Å². The number of thiocarbonyl (C=S) groups is 1. The molecule has 9 heteroatoms. The van der Waals surface area contributed by atoms with Crippen LogP contribution in [-0.2, 0) is 19.7 Å². The number of nitrogens with one attached hydrogen (secondary N) is 1. The van der Waals surface area contributed by atoms with Crippen LogP contribution in [0.2, 0.25) is 0 Å². The van der Waals surface area contributed by atoms with Crippen LogP contribution in [0.15, 0.2) is 11.8 Å². The van der Waals surface area contributed by atoms with Gasteiger partial charge >= 0.3 is 0 Å². The zero-order valence-corrected chi connectivity index (χ0v) is 13.7. The standard InChI is InChI=1S/C11H18N2O4S3/c1-2-13(10-4-6-20(16,17)8-10)11(18)12-9-3-5-19(14,15)7-9/h3,10H,2,4-8H2,1H3,(H,12,18). The van der Waals surface area contributed by atoms with Gasteiger partial charge in [-0.05, 0) is 31.6 Å². The van der Waals surface area contributed by atoms with Gasteiger partial charge in [0.15, 0.2) is 24.8 Å². The predicted octanol–water partition coefficient (Wildman–Crippen LogP) is -0.318. The monoisotopic (exact) mass is 338 g/mol. The topological polar surface area (TPSA) is 83.6 Å². The summed E-state index contributed by atoms with van der Waals surface area (Å²) in [6.45, 7) is 2.49. The van der Waals surface area contributed by atoms with Crippen molar-refractivity contribution in [2.45, 2.75) is 19.4 Å². The van der Waals surface area contributed by atoms with Gasteiger partial charge in [0.1, 0.15) is 0 Å². The molecule has 2 aliphatic rings. The smallest absolute Gasteiger partial charge is 0.173 e. The number of hydrogen-bond acceptors (Lipinski definition) is 5. The average molecular weight is 338 g/mol. The second-order valence-corrected chi connectivity index (χ2v) is 9.78. The molecule has 1 N–H and O–H groups in total. The summed E-state index contributed by atoms with van der Waals surface area (Å²) in [6, 6.07) is -0.122. The predicted molar refractivity (Wildman–Crippen MR) is 81.9 cm³/mol. The number of hydrogen-bond donors (Lipinski definition) is 1. The van der Waals surface area contributed by atoms with E-state index in [9.17, 15) is 16.8 Å². The SMILES string of the molecule is CCN(C(=S)NC1=CCS(=O)(=O)C1)C1CCS(=O)(=O)C1. The van der Waals surface area contributed by atoms with Gasteiger partial charge in [-0.2, -0.15) is 0 Å². The Morgan fingerprint density at radius 2 is 2.10 bits per heavy atom. The van der Waals surface area contributed by atoms with Gasteiger partial charge in [0.25, 0.3) is 0 Å². The number of nitrogens with zero attached hydrogens (tertiary/aromatic N) is 1. The van der Waals surface area contributed by atoms with E-state index in [0.29, 0.717) is 23.8 Å². The molecule has 0 spiro atoms. The Balaban J connectivity index is 2.00. The lowest BCUT2D eigenvalue weighted by Gasteiger charge is -2.29. The molecule has 0 bridgehead atoms. The summed E-state index contributed by atoms with van der Waals surface area (Å²) in [5.74, 6) is 0.295. The third kappa shape index (κ3) is 3.70. The van der Waals surface area contributed by atoms with E-state index in [-0.39, 0.29) is 29.1 Å². The van der Waals surface area contributed by atoms with Gasteiger partial charge in [0, 0.05) is 18.3 Å². The third-order valence-corrected chi connectivity index (χ3v) is 6.99. The summed E-state index contributed by atoms with van der Waals surface area (Å²) >= 11 is 5.28. The van der Waals surface area contributed by atoms with Crippen molar-refractivity contribution >= 4 is 37.0 Å². The van der Waals surface area contributed by atoms with E-state index in [0.717, 1.165) is 0 Å². The van der Waals surface area contributed by atoms with Gasteiger partial charge in [-0.15, -0.1) is 0 Å². The van der Waals surface area contributed by atoms with Gasteiger partial charge < -0.3 is 10.2 Å². The molecule has 2 aliphatic heterocycles. The van der Waals surface area contributed by atoms with Crippen LogP contribution in [0, 0.1) is 0 Å². The Hall–Kier alpha value is -0.670. The first-order valence-electron chi connectivity index (χ1n) is 6.40. The lowest BCUT2D eigenvalue weighted by atomic mass is 10.2. The first kappa shape index (κ1) is 15.7. The fraction of sp³-hybridized carbons (Fsp3) is 0.727. The molecule has 1 unspecified atom stereocenters. The van der Waals surface area contributed by atoms with Gasteiger partial charge in [0.05, 0.1) is 23.0 Å². The van der Waals surface area contributed by atoms with E-state index in [2.05, 4.69) is 5.32 Å². The number of rotatable bonds is 3. The molecular weight excluding hydrogens is 320 g/mol. The van der Waals surface area contributed by atoms with Gasteiger partial charge in [-0.25, -0.2) is 16.8 Å². The zero-order valence-electron chi connectivity index (χ0n) is 11.2. The lowest BCUT2D eigenvalue weighted by Crippen LogP contribution is -2.46. The van der Waals surface area contributed by atoms with Crippen LogP contribution in [-0.4, -0.2) is 62.4 Å². The molecule has 114 valence electrons. The second kappa shape index (κ2) is 5.61. The largest absolute Gasteiger partial charge is 0.345 e. The van der Waals surface area contributed by atoms with E-state index in [4.69, 9.17) is 12.2 Å². The molecule has 1 atom stereocenters. The first-order chi connectivity index (χ1) is 9.22. The Bertz CT molecular complexity index is 637. The van der Waals surface area contributed by atoms with Gasteiger partial charge in [0.2, 0.25) is 0 Å². The molecular formula is C11H18N2O4S3. The minimum Gasteiger partial charge on any atom is -0.345 e.